The highest BCUT2D eigenvalue weighted by molar-refractivity contribution is 5.95. The van der Waals surface area contributed by atoms with Crippen molar-refractivity contribution >= 4 is 11.8 Å². The van der Waals surface area contributed by atoms with E-state index in [2.05, 4.69) is 10.3 Å². The Balaban J connectivity index is 1.14. The van der Waals surface area contributed by atoms with Crippen molar-refractivity contribution in [1.29, 1.82) is 0 Å². The molecule has 0 fully saturated rings. The van der Waals surface area contributed by atoms with Gasteiger partial charge in [-0.3, -0.25) is 14.6 Å². The van der Waals surface area contributed by atoms with Gasteiger partial charge in [-0.2, -0.15) is 0 Å². The molecule has 1 atom stereocenters. The lowest BCUT2D eigenvalue weighted by molar-refractivity contribution is -0.138. The van der Waals surface area contributed by atoms with Crippen molar-refractivity contribution in [2.75, 3.05) is 13.3 Å². The molecule has 8 heteroatoms. The minimum Gasteiger partial charge on any atom is -0.480 e. The normalized spacial score (nSPS) is 17.4. The van der Waals surface area contributed by atoms with Crippen LogP contribution in [0.15, 0.2) is 48.7 Å². The molecule has 8 nitrogen and oxygen atoms in total. The summed E-state index contributed by atoms with van der Waals surface area (Å²) in [6.45, 7) is 3.57. The first-order valence-electron chi connectivity index (χ1n) is 11.7. The summed E-state index contributed by atoms with van der Waals surface area (Å²) in [5, 5.41) is 3.01. The fraction of sp³-hybridized carbons (Fsp3) is 0.296. The lowest BCUT2D eigenvalue weighted by atomic mass is 9.94. The third-order valence-corrected chi connectivity index (χ3v) is 6.89. The Labute approximate surface area is 202 Å². The maximum Gasteiger partial charge on any atom is 0.264 e. The van der Waals surface area contributed by atoms with Crippen LogP contribution in [0.25, 0.3) is 0 Å². The molecular weight excluding hydrogens is 446 g/mol. The predicted octanol–water partition coefficient (Wildman–Crippen LogP) is 2.94. The number of amides is 2. The number of aryl methyl sites for hydroxylation is 1. The second-order valence-electron chi connectivity index (χ2n) is 9.00. The van der Waals surface area contributed by atoms with Crippen LogP contribution in [0.2, 0.25) is 0 Å². The maximum absolute atomic E-state index is 13.2. The quantitative estimate of drug-likeness (QED) is 0.629. The molecule has 0 bridgehead atoms. The van der Waals surface area contributed by atoms with Crippen LogP contribution in [-0.2, 0) is 30.7 Å². The van der Waals surface area contributed by atoms with E-state index < -0.39 is 6.10 Å². The molecule has 0 saturated carbocycles. The number of rotatable bonds is 4. The summed E-state index contributed by atoms with van der Waals surface area (Å²) in [6, 6.07) is 13.0. The molecule has 1 N–H and O–H groups in total. The molecule has 0 spiro atoms. The van der Waals surface area contributed by atoms with Gasteiger partial charge in [0.1, 0.15) is 5.75 Å². The molecule has 35 heavy (non-hydrogen) atoms. The summed E-state index contributed by atoms with van der Waals surface area (Å²) in [7, 11) is 0. The van der Waals surface area contributed by atoms with Crippen molar-refractivity contribution in [1.82, 2.24) is 15.2 Å². The van der Waals surface area contributed by atoms with Crippen LogP contribution in [0.5, 0.6) is 17.2 Å². The molecule has 0 saturated heterocycles. The first kappa shape index (κ1) is 21.5. The average molecular weight is 472 g/mol. The highest BCUT2D eigenvalue weighted by Crippen LogP contribution is 2.33. The molecule has 1 aromatic heterocycles. The fourth-order valence-electron chi connectivity index (χ4n) is 4.98. The van der Waals surface area contributed by atoms with Crippen molar-refractivity contribution in [3.05, 3.63) is 82.2 Å². The molecule has 3 aromatic rings. The van der Waals surface area contributed by atoms with Crippen molar-refractivity contribution in [2.45, 2.75) is 39.0 Å². The molecule has 3 aliphatic rings. The smallest absolute Gasteiger partial charge is 0.264 e. The van der Waals surface area contributed by atoms with Gasteiger partial charge in [-0.25, -0.2) is 0 Å². The summed E-state index contributed by atoms with van der Waals surface area (Å²) >= 11 is 0. The number of nitrogens with zero attached hydrogens (tertiary/aromatic N) is 2. The second kappa shape index (κ2) is 8.61. The van der Waals surface area contributed by atoms with Crippen LogP contribution >= 0.6 is 0 Å². The van der Waals surface area contributed by atoms with Gasteiger partial charge in [0.05, 0.1) is 0 Å². The van der Waals surface area contributed by atoms with Gasteiger partial charge in [-0.1, -0.05) is 18.2 Å². The largest absolute Gasteiger partial charge is 0.480 e. The standard InChI is InChI=1S/C27H25N3O5/c1-16-21(13-29-26(31)18-6-7-23-24(11-18)34-15-33-23)20-8-9-30(14-19(20)12-28-16)27(32)25-10-17-4-2-3-5-22(17)35-25/h2-7,11-12,25H,8-10,13-15H2,1H3,(H,29,31)/t25-/m0/s1. The summed E-state index contributed by atoms with van der Waals surface area (Å²) in [6.07, 6.45) is 2.67. The number of benzene rings is 2. The van der Waals surface area contributed by atoms with E-state index >= 15 is 0 Å². The van der Waals surface area contributed by atoms with Gasteiger partial charge in [0, 0.05) is 43.5 Å². The predicted molar refractivity (Wildman–Crippen MR) is 126 cm³/mol. The lowest BCUT2D eigenvalue weighted by Gasteiger charge is -2.32. The highest BCUT2D eigenvalue weighted by atomic mass is 16.7. The molecule has 0 aliphatic carbocycles. The average Bonchev–Trinajstić information content (AvgIpc) is 3.53. The molecule has 178 valence electrons. The summed E-state index contributed by atoms with van der Waals surface area (Å²) in [4.78, 5) is 32.4. The van der Waals surface area contributed by atoms with Gasteiger partial charge in [0.2, 0.25) is 6.79 Å². The second-order valence-corrected chi connectivity index (χ2v) is 9.00. The molecule has 3 aliphatic heterocycles. The van der Waals surface area contributed by atoms with Crippen LogP contribution in [-0.4, -0.2) is 41.1 Å². The van der Waals surface area contributed by atoms with E-state index in [-0.39, 0.29) is 18.6 Å². The Hall–Kier alpha value is -4.07. The maximum atomic E-state index is 13.2. The monoisotopic (exact) mass is 471 g/mol. The Kier molecular flexibility index (Phi) is 5.28. The first-order chi connectivity index (χ1) is 17.1. The van der Waals surface area contributed by atoms with Crippen molar-refractivity contribution in [2.24, 2.45) is 0 Å². The fourth-order valence-corrected chi connectivity index (χ4v) is 4.98. The number of carbonyl (C=O) groups is 2. The number of nitrogens with one attached hydrogen (secondary N) is 1. The topological polar surface area (TPSA) is 90.0 Å². The Morgan fingerprint density at radius 1 is 1.09 bits per heavy atom. The van der Waals surface area contributed by atoms with Gasteiger partial charge in [0.15, 0.2) is 17.6 Å². The molecule has 2 amide bonds. The van der Waals surface area contributed by atoms with Crippen LogP contribution < -0.4 is 19.5 Å². The zero-order valence-corrected chi connectivity index (χ0v) is 19.4. The van der Waals surface area contributed by atoms with Gasteiger partial charge in [-0.05, 0) is 59.9 Å². The minimum atomic E-state index is -0.479. The van der Waals surface area contributed by atoms with Gasteiger partial charge in [0.25, 0.3) is 11.8 Å². The van der Waals surface area contributed by atoms with Crippen molar-refractivity contribution < 1.29 is 23.8 Å². The van der Waals surface area contributed by atoms with E-state index in [1.165, 1.54) is 0 Å². The molecular formula is C27H25N3O5. The molecule has 4 heterocycles. The number of hydrogen-bond acceptors (Lipinski definition) is 6. The third kappa shape index (κ3) is 3.95. The van der Waals surface area contributed by atoms with Crippen molar-refractivity contribution in [3.63, 3.8) is 0 Å². The first-order valence-corrected chi connectivity index (χ1v) is 11.7. The number of fused-ring (bicyclic) bond motifs is 3. The summed E-state index contributed by atoms with van der Waals surface area (Å²) in [5.74, 6) is 1.83. The number of aromatic nitrogens is 1. The third-order valence-electron chi connectivity index (χ3n) is 6.89. The van der Waals surface area contributed by atoms with Crippen LogP contribution in [0.4, 0.5) is 0 Å². The number of hydrogen-bond donors (Lipinski definition) is 1. The Morgan fingerprint density at radius 2 is 1.94 bits per heavy atom. The van der Waals surface area contributed by atoms with E-state index in [9.17, 15) is 9.59 Å². The van der Waals surface area contributed by atoms with Crippen LogP contribution in [0.3, 0.4) is 0 Å². The zero-order chi connectivity index (χ0) is 23.9. The summed E-state index contributed by atoms with van der Waals surface area (Å²) < 4.78 is 16.6. The zero-order valence-electron chi connectivity index (χ0n) is 19.4. The van der Waals surface area contributed by atoms with E-state index in [0.29, 0.717) is 49.5 Å². The van der Waals surface area contributed by atoms with Crippen LogP contribution in [0, 0.1) is 6.92 Å². The number of ether oxygens (including phenoxy) is 3. The Morgan fingerprint density at radius 3 is 2.83 bits per heavy atom. The van der Waals surface area contributed by atoms with E-state index in [4.69, 9.17) is 14.2 Å². The van der Waals surface area contributed by atoms with E-state index in [0.717, 1.165) is 33.7 Å². The highest BCUT2D eigenvalue weighted by Gasteiger charge is 2.34. The SMILES string of the molecule is Cc1ncc2c(c1CNC(=O)c1ccc3c(c1)OCO3)CCN(C(=O)[C@@H]1Cc3ccccc3O1)C2. The lowest BCUT2D eigenvalue weighted by Crippen LogP contribution is -2.44. The molecule has 0 radical (unpaired) electrons. The van der Waals surface area contributed by atoms with Gasteiger partial charge < -0.3 is 24.4 Å². The number of carbonyl (C=O) groups excluding carboxylic acids is 2. The van der Waals surface area contributed by atoms with Gasteiger partial charge in [-0.15, -0.1) is 0 Å². The Bertz CT molecular complexity index is 1310. The van der Waals surface area contributed by atoms with Crippen molar-refractivity contribution in [3.8, 4) is 17.2 Å². The molecule has 6 rings (SSSR count). The van der Waals surface area contributed by atoms with E-state index in [1.807, 2.05) is 42.3 Å². The van der Waals surface area contributed by atoms with Gasteiger partial charge >= 0.3 is 0 Å². The molecule has 2 aromatic carbocycles. The van der Waals surface area contributed by atoms with E-state index in [1.54, 1.807) is 18.2 Å². The number of pyridine rings is 1. The molecule has 0 unspecified atom stereocenters. The van der Waals surface area contributed by atoms with Crippen LogP contribution in [0.1, 0.15) is 38.3 Å². The minimum absolute atomic E-state index is 0.00471. The summed E-state index contributed by atoms with van der Waals surface area (Å²) in [5.41, 5.74) is 5.64. The number of para-hydroxylation sites is 1.